The minimum Gasteiger partial charge on any atom is -0.350 e. The number of nitrogens with zero attached hydrogens (tertiary/aromatic N) is 1. The van der Waals surface area contributed by atoms with E-state index in [2.05, 4.69) is 22.9 Å². The quantitative estimate of drug-likeness (QED) is 0.164. The molecule has 0 radical (unpaired) electrons. The number of hydrogen-bond donors (Lipinski definition) is 0. The Labute approximate surface area is 216 Å². The molecule has 3 nitrogen and oxygen atoms in total. The predicted molar refractivity (Wildman–Crippen MR) is 146 cm³/mol. The van der Waals surface area contributed by atoms with E-state index in [1.165, 1.54) is 0 Å². The summed E-state index contributed by atoms with van der Waals surface area (Å²) in [4.78, 5) is 27.7. The van der Waals surface area contributed by atoms with Crippen LogP contribution in [0.1, 0.15) is 44.2 Å². The summed E-state index contributed by atoms with van der Waals surface area (Å²) >= 11 is 6.41. The standard InChI is InChI=1S/C32H26ClNO2/c1-34-21-29(26-17-8-9-18-30(26)34)27(24-15-10-16-25(33)19-24)20-28(31(35)22-11-4-2-5-12-22)32(36)23-13-6-3-7-14-23/h2-19,21,27-28H,20H2,1H3/t27-/m1/s1. The van der Waals surface area contributed by atoms with E-state index in [0.717, 1.165) is 22.0 Å². The number of fused-ring (bicyclic) bond motifs is 1. The van der Waals surface area contributed by atoms with Gasteiger partial charge >= 0.3 is 0 Å². The Bertz CT molecular complexity index is 1470. The number of halogens is 1. The smallest absolute Gasteiger partial charge is 0.173 e. The molecule has 4 aromatic carbocycles. The van der Waals surface area contributed by atoms with Crippen LogP contribution in [-0.4, -0.2) is 16.1 Å². The van der Waals surface area contributed by atoms with Crippen LogP contribution in [0.4, 0.5) is 0 Å². The summed E-state index contributed by atoms with van der Waals surface area (Å²) in [6.45, 7) is 0. The number of hydrogen-bond acceptors (Lipinski definition) is 2. The lowest BCUT2D eigenvalue weighted by Crippen LogP contribution is -2.27. The number of Topliss-reactive ketones (excluding diaryl/α,β-unsaturated/α-hetero) is 2. The van der Waals surface area contributed by atoms with Crippen LogP contribution in [0.3, 0.4) is 0 Å². The molecule has 4 heteroatoms. The lowest BCUT2D eigenvalue weighted by Gasteiger charge is -2.23. The predicted octanol–water partition coefficient (Wildman–Crippen LogP) is 7.74. The summed E-state index contributed by atoms with van der Waals surface area (Å²) < 4.78 is 2.09. The highest BCUT2D eigenvalue weighted by Crippen LogP contribution is 2.38. The van der Waals surface area contributed by atoms with E-state index in [4.69, 9.17) is 11.6 Å². The van der Waals surface area contributed by atoms with Gasteiger partial charge in [-0.05, 0) is 35.7 Å². The van der Waals surface area contributed by atoms with Crippen molar-refractivity contribution in [2.45, 2.75) is 12.3 Å². The highest BCUT2D eigenvalue weighted by Gasteiger charge is 2.33. The molecule has 36 heavy (non-hydrogen) atoms. The van der Waals surface area contributed by atoms with Gasteiger partial charge in [-0.25, -0.2) is 0 Å². The largest absolute Gasteiger partial charge is 0.350 e. The average molecular weight is 492 g/mol. The first-order chi connectivity index (χ1) is 17.5. The molecule has 0 bridgehead atoms. The first kappa shape index (κ1) is 23.8. The number of carbonyl (C=O) groups is 2. The zero-order valence-corrected chi connectivity index (χ0v) is 20.7. The maximum atomic E-state index is 13.8. The van der Waals surface area contributed by atoms with E-state index in [0.29, 0.717) is 22.6 Å². The summed E-state index contributed by atoms with van der Waals surface area (Å²) in [7, 11) is 2.02. The number of aromatic nitrogens is 1. The third-order valence-electron chi connectivity index (χ3n) is 6.78. The van der Waals surface area contributed by atoms with Gasteiger partial charge in [0.25, 0.3) is 0 Å². The summed E-state index contributed by atoms with van der Waals surface area (Å²) in [6, 6.07) is 34.1. The van der Waals surface area contributed by atoms with E-state index < -0.39 is 5.92 Å². The van der Waals surface area contributed by atoms with Crippen LogP contribution in [0.15, 0.2) is 115 Å². The van der Waals surface area contributed by atoms with Gasteiger partial charge in [0.05, 0.1) is 5.92 Å². The van der Waals surface area contributed by atoms with Gasteiger partial charge in [0.15, 0.2) is 11.6 Å². The number of carbonyl (C=O) groups excluding carboxylic acids is 2. The molecule has 178 valence electrons. The molecule has 0 aliphatic heterocycles. The van der Waals surface area contributed by atoms with Gasteiger partial charge in [-0.3, -0.25) is 9.59 Å². The zero-order valence-electron chi connectivity index (χ0n) is 20.0. The van der Waals surface area contributed by atoms with E-state index >= 15 is 0 Å². The van der Waals surface area contributed by atoms with E-state index in [-0.39, 0.29) is 17.5 Å². The van der Waals surface area contributed by atoms with Crippen molar-refractivity contribution < 1.29 is 9.59 Å². The molecule has 1 heterocycles. The van der Waals surface area contributed by atoms with Gasteiger partial charge in [0.1, 0.15) is 0 Å². The molecule has 0 N–H and O–H groups in total. The molecule has 0 saturated carbocycles. The van der Waals surface area contributed by atoms with Crippen molar-refractivity contribution in [3.05, 3.63) is 143 Å². The highest BCUT2D eigenvalue weighted by molar-refractivity contribution is 6.30. The SMILES string of the molecule is Cn1cc([C@H](CC(C(=O)c2ccccc2)C(=O)c2ccccc2)c2cccc(Cl)c2)c2ccccc21. The van der Waals surface area contributed by atoms with Crippen molar-refractivity contribution in [2.24, 2.45) is 13.0 Å². The molecular formula is C32H26ClNO2. The molecule has 0 fully saturated rings. The van der Waals surface area contributed by atoms with Crippen molar-refractivity contribution in [3.63, 3.8) is 0 Å². The molecule has 1 aromatic heterocycles. The number of aryl methyl sites for hydroxylation is 1. The topological polar surface area (TPSA) is 39.1 Å². The molecule has 0 aliphatic rings. The maximum absolute atomic E-state index is 13.8. The Morgan fingerprint density at radius 3 is 1.94 bits per heavy atom. The molecular weight excluding hydrogens is 466 g/mol. The van der Waals surface area contributed by atoms with Crippen molar-refractivity contribution >= 4 is 34.1 Å². The Morgan fingerprint density at radius 2 is 1.33 bits per heavy atom. The van der Waals surface area contributed by atoms with Gasteiger partial charge in [-0.1, -0.05) is 103 Å². The fraction of sp³-hybridized carbons (Fsp3) is 0.125. The molecule has 5 aromatic rings. The maximum Gasteiger partial charge on any atom is 0.173 e. The monoisotopic (exact) mass is 491 g/mol. The summed E-state index contributed by atoms with van der Waals surface area (Å²) in [5.41, 5.74) is 4.22. The molecule has 0 aliphatic carbocycles. The normalized spacial score (nSPS) is 12.1. The summed E-state index contributed by atoms with van der Waals surface area (Å²) in [5, 5.41) is 1.72. The second kappa shape index (κ2) is 10.3. The van der Waals surface area contributed by atoms with Gasteiger partial charge in [0.2, 0.25) is 0 Å². The van der Waals surface area contributed by atoms with Crippen LogP contribution in [0.25, 0.3) is 10.9 Å². The Kier molecular flexibility index (Phi) is 6.84. The molecule has 0 amide bonds. The number of ketones is 2. The Hall–Kier alpha value is -3.95. The molecule has 0 saturated heterocycles. The van der Waals surface area contributed by atoms with E-state index in [1.54, 1.807) is 24.3 Å². The molecule has 5 rings (SSSR count). The Morgan fingerprint density at radius 1 is 0.750 bits per heavy atom. The number of benzene rings is 4. The molecule has 0 spiro atoms. The van der Waals surface area contributed by atoms with Gasteiger partial charge in [-0.15, -0.1) is 0 Å². The first-order valence-electron chi connectivity index (χ1n) is 12.0. The minimum atomic E-state index is -0.849. The van der Waals surface area contributed by atoms with Crippen molar-refractivity contribution in [2.75, 3.05) is 0 Å². The third-order valence-corrected chi connectivity index (χ3v) is 7.01. The van der Waals surface area contributed by atoms with Gasteiger partial charge in [-0.2, -0.15) is 0 Å². The van der Waals surface area contributed by atoms with Crippen LogP contribution in [0, 0.1) is 5.92 Å². The zero-order chi connectivity index (χ0) is 25.1. The second-order valence-electron chi connectivity index (χ2n) is 9.07. The second-order valence-corrected chi connectivity index (χ2v) is 9.51. The van der Waals surface area contributed by atoms with Crippen molar-refractivity contribution in [1.82, 2.24) is 4.57 Å². The van der Waals surface area contributed by atoms with Crippen LogP contribution >= 0.6 is 11.6 Å². The molecule has 0 unspecified atom stereocenters. The van der Waals surface area contributed by atoms with Crippen LogP contribution < -0.4 is 0 Å². The highest BCUT2D eigenvalue weighted by atomic mass is 35.5. The minimum absolute atomic E-state index is 0.170. The summed E-state index contributed by atoms with van der Waals surface area (Å²) in [5.74, 6) is -1.40. The van der Waals surface area contributed by atoms with Gasteiger partial charge < -0.3 is 4.57 Å². The summed E-state index contributed by atoms with van der Waals surface area (Å²) in [6.07, 6.45) is 2.43. The van der Waals surface area contributed by atoms with Crippen LogP contribution in [-0.2, 0) is 7.05 Å². The van der Waals surface area contributed by atoms with Crippen molar-refractivity contribution in [3.8, 4) is 0 Å². The van der Waals surface area contributed by atoms with Crippen LogP contribution in [0.5, 0.6) is 0 Å². The van der Waals surface area contributed by atoms with E-state index in [1.807, 2.05) is 79.8 Å². The van der Waals surface area contributed by atoms with Crippen molar-refractivity contribution in [1.29, 1.82) is 0 Å². The lowest BCUT2D eigenvalue weighted by atomic mass is 9.78. The fourth-order valence-corrected chi connectivity index (χ4v) is 5.19. The molecule has 1 atom stereocenters. The lowest BCUT2D eigenvalue weighted by molar-refractivity contribution is 0.0796. The van der Waals surface area contributed by atoms with Gasteiger partial charge in [0, 0.05) is 46.2 Å². The number of para-hydroxylation sites is 1. The fourth-order valence-electron chi connectivity index (χ4n) is 4.99. The first-order valence-corrected chi connectivity index (χ1v) is 12.4. The van der Waals surface area contributed by atoms with Crippen LogP contribution in [0.2, 0.25) is 5.02 Å². The Balaban J connectivity index is 1.65. The third kappa shape index (κ3) is 4.75. The van der Waals surface area contributed by atoms with E-state index in [9.17, 15) is 9.59 Å². The average Bonchev–Trinajstić information content (AvgIpc) is 3.26. The number of rotatable bonds is 8.